The Morgan fingerprint density at radius 3 is 2.07 bits per heavy atom. The van der Waals surface area contributed by atoms with E-state index < -0.39 is 0 Å². The summed E-state index contributed by atoms with van der Waals surface area (Å²) in [6, 6.07) is 37.9. The Morgan fingerprint density at radius 1 is 0.500 bits per heavy atom. The number of fused-ring (bicyclic) bond motifs is 2. The van der Waals surface area contributed by atoms with E-state index in [9.17, 15) is 0 Å². The largest absolute Gasteiger partial charge is 0.456 e. The van der Waals surface area contributed by atoms with Crippen LogP contribution < -0.4 is 10.1 Å². The lowest BCUT2D eigenvalue weighted by molar-refractivity contribution is 0.487. The van der Waals surface area contributed by atoms with Crippen LogP contribution in [0, 0.1) is 0 Å². The third kappa shape index (κ3) is 2.82. The van der Waals surface area contributed by atoms with Crippen LogP contribution in [0.25, 0.3) is 33.0 Å². The van der Waals surface area contributed by atoms with Gasteiger partial charge in [-0.2, -0.15) is 0 Å². The molecule has 0 bridgehead atoms. The minimum Gasteiger partial charge on any atom is -0.456 e. The molecule has 5 aromatic rings. The Kier molecular flexibility index (Phi) is 3.82. The molecule has 1 aliphatic rings. The molecule has 6 rings (SSSR count). The maximum atomic E-state index is 6.26. The molecule has 1 aliphatic heterocycles. The average Bonchev–Trinajstić information content (AvgIpc) is 2.80. The molecule has 142 valence electrons. The number of nitrogens with one attached hydrogen (secondary N) is 1. The van der Waals surface area contributed by atoms with Gasteiger partial charge in [-0.15, -0.1) is 0 Å². The number of hydrogen-bond acceptors (Lipinski definition) is 2. The second-order valence-electron chi connectivity index (χ2n) is 7.54. The Labute approximate surface area is 175 Å². The first-order chi connectivity index (χ1) is 14.8. The third-order valence-corrected chi connectivity index (χ3v) is 5.64. The fourth-order valence-electron chi connectivity index (χ4n) is 4.18. The highest BCUT2D eigenvalue weighted by molar-refractivity contribution is 6.04. The molecule has 0 spiro atoms. The maximum absolute atomic E-state index is 6.26. The van der Waals surface area contributed by atoms with Crippen LogP contribution in [0.1, 0.15) is 0 Å². The molecule has 0 aliphatic carbocycles. The monoisotopic (exact) mass is 385 g/mol. The van der Waals surface area contributed by atoms with E-state index in [2.05, 4.69) is 96.3 Å². The van der Waals surface area contributed by atoms with E-state index in [0.29, 0.717) is 0 Å². The Morgan fingerprint density at radius 2 is 1.23 bits per heavy atom. The summed E-state index contributed by atoms with van der Waals surface area (Å²) in [4.78, 5) is 0. The van der Waals surface area contributed by atoms with E-state index in [1.807, 2.05) is 18.2 Å². The molecule has 0 fully saturated rings. The van der Waals surface area contributed by atoms with Gasteiger partial charge in [0.25, 0.3) is 0 Å². The van der Waals surface area contributed by atoms with Crippen LogP contribution in [0.5, 0.6) is 11.5 Å². The van der Waals surface area contributed by atoms with Crippen molar-refractivity contribution in [3.05, 3.63) is 109 Å². The van der Waals surface area contributed by atoms with Crippen LogP contribution in [0.3, 0.4) is 0 Å². The van der Waals surface area contributed by atoms with Gasteiger partial charge in [0.05, 0.1) is 0 Å². The van der Waals surface area contributed by atoms with Crippen LogP contribution in [0.15, 0.2) is 109 Å². The molecule has 0 amide bonds. The van der Waals surface area contributed by atoms with Gasteiger partial charge in [-0.3, -0.25) is 0 Å². The van der Waals surface area contributed by atoms with Crippen molar-refractivity contribution in [1.29, 1.82) is 0 Å². The number of hydrogen-bond donors (Lipinski definition) is 1. The molecular weight excluding hydrogens is 366 g/mol. The van der Waals surface area contributed by atoms with Gasteiger partial charge in [-0.1, -0.05) is 72.8 Å². The lowest BCUT2D eigenvalue weighted by atomic mass is 9.94. The zero-order valence-corrected chi connectivity index (χ0v) is 16.3. The summed E-state index contributed by atoms with van der Waals surface area (Å²) in [5.74, 6) is 1.80. The summed E-state index contributed by atoms with van der Waals surface area (Å²) >= 11 is 0. The summed E-state index contributed by atoms with van der Waals surface area (Å²) in [5, 5.41) is 5.89. The molecule has 0 aromatic heterocycles. The smallest absolute Gasteiger partial charge is 0.137 e. The van der Waals surface area contributed by atoms with Crippen molar-refractivity contribution in [3.8, 4) is 33.8 Å². The fourth-order valence-corrected chi connectivity index (χ4v) is 4.18. The Bertz CT molecular complexity index is 1370. The summed E-state index contributed by atoms with van der Waals surface area (Å²) in [5.41, 5.74) is 6.84. The van der Waals surface area contributed by atoms with Gasteiger partial charge in [-0.25, -0.2) is 0 Å². The van der Waals surface area contributed by atoms with Crippen molar-refractivity contribution in [2.75, 3.05) is 5.32 Å². The second kappa shape index (κ2) is 6.78. The lowest BCUT2D eigenvalue weighted by Crippen LogP contribution is -1.98. The van der Waals surface area contributed by atoms with Crippen molar-refractivity contribution < 1.29 is 4.74 Å². The second-order valence-corrected chi connectivity index (χ2v) is 7.54. The normalized spacial score (nSPS) is 11.6. The zero-order chi connectivity index (χ0) is 19.9. The highest BCUT2D eigenvalue weighted by atomic mass is 16.5. The summed E-state index contributed by atoms with van der Waals surface area (Å²) < 4.78 is 6.26. The minimum atomic E-state index is 0.882. The van der Waals surface area contributed by atoms with E-state index in [0.717, 1.165) is 28.4 Å². The van der Waals surface area contributed by atoms with Crippen LogP contribution in [-0.4, -0.2) is 0 Å². The molecule has 1 heterocycles. The van der Waals surface area contributed by atoms with Crippen molar-refractivity contribution in [3.63, 3.8) is 0 Å². The predicted molar refractivity (Wildman–Crippen MR) is 125 cm³/mol. The van der Waals surface area contributed by atoms with Gasteiger partial charge < -0.3 is 10.1 Å². The molecule has 5 aromatic carbocycles. The van der Waals surface area contributed by atoms with Crippen LogP contribution in [0.2, 0.25) is 0 Å². The zero-order valence-electron chi connectivity index (χ0n) is 16.3. The van der Waals surface area contributed by atoms with E-state index in [1.54, 1.807) is 0 Å². The van der Waals surface area contributed by atoms with E-state index >= 15 is 0 Å². The predicted octanol–water partition coefficient (Wildman–Crippen LogP) is 8.02. The first-order valence-electron chi connectivity index (χ1n) is 10.1. The van der Waals surface area contributed by atoms with Gasteiger partial charge in [0.15, 0.2) is 0 Å². The van der Waals surface area contributed by atoms with Crippen LogP contribution >= 0.6 is 0 Å². The van der Waals surface area contributed by atoms with Gasteiger partial charge in [0, 0.05) is 28.4 Å². The molecular formula is C28H19NO. The number of anilines is 2. The lowest BCUT2D eigenvalue weighted by Gasteiger charge is -2.22. The van der Waals surface area contributed by atoms with Crippen LogP contribution in [0.4, 0.5) is 11.4 Å². The minimum absolute atomic E-state index is 0.882. The first kappa shape index (κ1) is 16.9. The molecule has 0 atom stereocenters. The quantitative estimate of drug-likeness (QED) is 0.333. The Hall–Kier alpha value is -4.04. The van der Waals surface area contributed by atoms with Crippen molar-refractivity contribution in [1.82, 2.24) is 0 Å². The molecule has 30 heavy (non-hydrogen) atoms. The molecule has 2 heteroatoms. The summed E-state index contributed by atoms with van der Waals surface area (Å²) in [6.45, 7) is 0. The number of ether oxygens (including phenoxy) is 1. The van der Waals surface area contributed by atoms with Crippen molar-refractivity contribution >= 4 is 22.1 Å². The summed E-state index contributed by atoms with van der Waals surface area (Å²) in [7, 11) is 0. The molecule has 1 N–H and O–H groups in total. The fraction of sp³-hybridized carbons (Fsp3) is 0. The third-order valence-electron chi connectivity index (χ3n) is 5.64. The van der Waals surface area contributed by atoms with E-state index in [4.69, 9.17) is 4.74 Å². The van der Waals surface area contributed by atoms with Gasteiger partial charge in [0.1, 0.15) is 11.5 Å². The molecule has 0 radical (unpaired) electrons. The first-order valence-corrected chi connectivity index (χ1v) is 10.1. The van der Waals surface area contributed by atoms with Gasteiger partial charge in [0.2, 0.25) is 0 Å². The summed E-state index contributed by atoms with van der Waals surface area (Å²) in [6.07, 6.45) is 0. The maximum Gasteiger partial charge on any atom is 0.137 e. The highest BCUT2D eigenvalue weighted by Gasteiger charge is 2.19. The highest BCUT2D eigenvalue weighted by Crippen LogP contribution is 2.47. The molecule has 0 saturated carbocycles. The average molecular weight is 385 g/mol. The Balaban J connectivity index is 1.32. The van der Waals surface area contributed by atoms with Gasteiger partial charge >= 0.3 is 0 Å². The van der Waals surface area contributed by atoms with Crippen molar-refractivity contribution in [2.24, 2.45) is 0 Å². The van der Waals surface area contributed by atoms with E-state index in [1.165, 1.54) is 27.5 Å². The molecule has 2 nitrogen and oxygen atoms in total. The van der Waals surface area contributed by atoms with E-state index in [-0.39, 0.29) is 0 Å². The topological polar surface area (TPSA) is 21.3 Å². The SMILES string of the molecule is c1ccc(-c2ccc(Nc3ccc4c(c3)Oc3cccc5cccc-4c35)cc2)cc1. The standard InChI is InChI=1S/C28H19NO/c1-2-6-19(7-3-1)20-12-14-22(15-13-20)29-23-16-17-24-25-10-4-8-21-9-5-11-26(28(21)25)30-27(24)18-23/h1-18,29H. The number of rotatable bonds is 3. The van der Waals surface area contributed by atoms with Crippen molar-refractivity contribution in [2.45, 2.75) is 0 Å². The molecule has 0 unspecified atom stereocenters. The number of benzene rings is 5. The van der Waals surface area contributed by atoms with Crippen LogP contribution in [-0.2, 0) is 0 Å². The molecule has 0 saturated heterocycles. The van der Waals surface area contributed by atoms with Gasteiger partial charge in [-0.05, 0) is 52.4 Å².